The first-order valence-corrected chi connectivity index (χ1v) is 10.3. The number of nitrogens with one attached hydrogen (secondary N) is 1. The number of benzene rings is 1. The molecule has 31 heavy (non-hydrogen) atoms. The fourth-order valence-corrected chi connectivity index (χ4v) is 4.47. The van der Waals surface area contributed by atoms with Gasteiger partial charge in [-0.3, -0.25) is 19.3 Å². The van der Waals surface area contributed by atoms with Crippen LogP contribution in [0.4, 0.5) is 10.2 Å². The average Bonchev–Trinajstić information content (AvgIpc) is 2.71. The minimum atomic E-state index is -1.22. The van der Waals surface area contributed by atoms with E-state index in [1.165, 1.54) is 24.2 Å². The second kappa shape index (κ2) is 7.92. The summed E-state index contributed by atoms with van der Waals surface area (Å²) in [7, 11) is 1.53. The smallest absolute Gasteiger partial charge is 0.254 e. The zero-order valence-electron chi connectivity index (χ0n) is 17.2. The van der Waals surface area contributed by atoms with Crippen molar-refractivity contribution in [1.82, 2.24) is 15.2 Å². The third kappa shape index (κ3) is 3.65. The van der Waals surface area contributed by atoms with E-state index >= 15 is 0 Å². The molecule has 9 heteroatoms. The van der Waals surface area contributed by atoms with Gasteiger partial charge in [0.25, 0.3) is 5.91 Å². The van der Waals surface area contributed by atoms with Crippen LogP contribution in [0, 0.1) is 18.7 Å². The van der Waals surface area contributed by atoms with Crippen molar-refractivity contribution < 1.29 is 18.8 Å². The van der Waals surface area contributed by atoms with Crippen molar-refractivity contribution in [3.05, 3.63) is 58.5 Å². The number of carbonyl (C=O) groups is 3. The average molecular weight is 445 g/mol. The molecule has 1 saturated carbocycles. The maximum atomic E-state index is 14.6. The molecule has 2 fully saturated rings. The van der Waals surface area contributed by atoms with E-state index in [0.717, 1.165) is 10.5 Å². The summed E-state index contributed by atoms with van der Waals surface area (Å²) in [5.41, 5.74) is 0.200. The van der Waals surface area contributed by atoms with Crippen LogP contribution in [-0.2, 0) is 20.9 Å². The first kappa shape index (κ1) is 21.2. The molecule has 1 saturated heterocycles. The highest BCUT2D eigenvalue weighted by molar-refractivity contribution is 6.30. The van der Waals surface area contributed by atoms with Gasteiger partial charge in [0.15, 0.2) is 11.6 Å². The van der Waals surface area contributed by atoms with Crippen molar-refractivity contribution in [3.63, 3.8) is 0 Å². The lowest BCUT2D eigenvalue weighted by Gasteiger charge is -2.56. The third-order valence-corrected chi connectivity index (χ3v) is 6.26. The molecule has 0 radical (unpaired) electrons. The number of nitrogens with zero attached hydrogens (tertiary/aromatic N) is 3. The van der Waals surface area contributed by atoms with Crippen LogP contribution >= 0.6 is 11.6 Å². The number of halogens is 2. The molecule has 2 aliphatic rings. The van der Waals surface area contributed by atoms with Crippen molar-refractivity contribution in [2.24, 2.45) is 5.92 Å². The van der Waals surface area contributed by atoms with E-state index in [1.54, 1.807) is 31.2 Å². The van der Waals surface area contributed by atoms with Gasteiger partial charge < -0.3 is 10.2 Å². The van der Waals surface area contributed by atoms with Gasteiger partial charge >= 0.3 is 0 Å². The molecule has 1 aliphatic carbocycles. The predicted molar refractivity (Wildman–Crippen MR) is 113 cm³/mol. The normalized spacial score (nSPS) is 23.2. The molecule has 1 N–H and O–H groups in total. The first-order chi connectivity index (χ1) is 14.7. The van der Waals surface area contributed by atoms with Crippen LogP contribution in [0.25, 0.3) is 0 Å². The van der Waals surface area contributed by atoms with Crippen LogP contribution in [0.1, 0.15) is 24.0 Å². The van der Waals surface area contributed by atoms with Crippen LogP contribution in [0.2, 0.25) is 5.02 Å². The monoisotopic (exact) mass is 444 g/mol. The molecule has 3 amide bonds. The summed E-state index contributed by atoms with van der Waals surface area (Å²) in [5.74, 6) is -2.16. The number of aryl methyl sites for hydroxylation is 1. The topological polar surface area (TPSA) is 82.6 Å². The summed E-state index contributed by atoms with van der Waals surface area (Å²) >= 11 is 5.96. The Morgan fingerprint density at radius 2 is 1.97 bits per heavy atom. The van der Waals surface area contributed by atoms with E-state index in [0.29, 0.717) is 10.6 Å². The highest BCUT2D eigenvalue weighted by atomic mass is 35.5. The molecule has 1 aromatic heterocycles. The Bertz CT molecular complexity index is 1050. The molecule has 7 nitrogen and oxygen atoms in total. The SMILES string of the molecule is CNC(=O)C1CC2(C1)C(=O)N(c1ncc(C)cc1F)CC(=O)N2Cc1ccc(Cl)cc1. The number of amides is 3. The van der Waals surface area contributed by atoms with Gasteiger partial charge in [-0.2, -0.15) is 0 Å². The zero-order valence-corrected chi connectivity index (χ0v) is 17.9. The lowest BCUT2D eigenvalue weighted by Crippen LogP contribution is -2.73. The molecule has 2 aromatic rings. The van der Waals surface area contributed by atoms with Crippen LogP contribution in [0.5, 0.6) is 0 Å². The van der Waals surface area contributed by atoms with Crippen LogP contribution in [0.3, 0.4) is 0 Å². The second-order valence-corrected chi connectivity index (χ2v) is 8.50. The number of piperazine rings is 1. The molecular weight excluding hydrogens is 423 g/mol. The largest absolute Gasteiger partial charge is 0.359 e. The first-order valence-electron chi connectivity index (χ1n) is 9.96. The summed E-state index contributed by atoms with van der Waals surface area (Å²) < 4.78 is 14.6. The second-order valence-electron chi connectivity index (χ2n) is 8.07. The van der Waals surface area contributed by atoms with Gasteiger partial charge in [0.1, 0.15) is 12.1 Å². The van der Waals surface area contributed by atoms with Crippen LogP contribution < -0.4 is 10.2 Å². The lowest BCUT2D eigenvalue weighted by atomic mass is 9.64. The Kier molecular flexibility index (Phi) is 5.43. The van der Waals surface area contributed by atoms with Crippen LogP contribution in [-0.4, -0.2) is 46.7 Å². The fraction of sp³-hybridized carbons (Fsp3) is 0.364. The zero-order chi connectivity index (χ0) is 22.3. The number of rotatable bonds is 4. The number of carbonyl (C=O) groups excluding carboxylic acids is 3. The molecule has 162 valence electrons. The molecule has 1 spiro atoms. The summed E-state index contributed by atoms with van der Waals surface area (Å²) in [5, 5.41) is 3.15. The third-order valence-electron chi connectivity index (χ3n) is 6.01. The summed E-state index contributed by atoms with van der Waals surface area (Å²) in [6.07, 6.45) is 1.81. The number of hydrogen-bond donors (Lipinski definition) is 1. The highest BCUT2D eigenvalue weighted by Crippen LogP contribution is 2.47. The molecule has 2 heterocycles. The number of anilines is 1. The maximum absolute atomic E-state index is 14.6. The Hall–Kier alpha value is -3.00. The molecule has 0 unspecified atom stereocenters. The van der Waals surface area contributed by atoms with Gasteiger partial charge in [-0.1, -0.05) is 23.7 Å². The predicted octanol–water partition coefficient (Wildman–Crippen LogP) is 2.45. The van der Waals surface area contributed by atoms with Gasteiger partial charge in [-0.15, -0.1) is 0 Å². The Morgan fingerprint density at radius 1 is 1.29 bits per heavy atom. The minimum absolute atomic E-state index is 0.169. The standard InChI is InChI=1S/C22H22ClFN4O3/c1-13-7-17(24)19(26-10-13)27-12-18(29)28(11-14-3-5-16(23)6-4-14)22(21(27)31)8-15(9-22)20(30)25-2/h3-7,10,15H,8-9,11-12H2,1-2H3,(H,25,30). The van der Waals surface area contributed by atoms with Gasteiger partial charge in [-0.25, -0.2) is 9.37 Å². The van der Waals surface area contributed by atoms with Gasteiger partial charge in [-0.05, 0) is 49.1 Å². The van der Waals surface area contributed by atoms with E-state index in [2.05, 4.69) is 10.3 Å². The fourth-order valence-electron chi connectivity index (χ4n) is 4.35. The number of hydrogen-bond acceptors (Lipinski definition) is 4. The van der Waals surface area contributed by atoms with E-state index in [1.807, 2.05) is 0 Å². The van der Waals surface area contributed by atoms with Crippen molar-refractivity contribution in [2.75, 3.05) is 18.5 Å². The van der Waals surface area contributed by atoms with E-state index < -0.39 is 23.2 Å². The van der Waals surface area contributed by atoms with Gasteiger partial charge in [0.2, 0.25) is 11.8 Å². The number of pyridine rings is 1. The van der Waals surface area contributed by atoms with Gasteiger partial charge in [0, 0.05) is 30.7 Å². The van der Waals surface area contributed by atoms with E-state index in [4.69, 9.17) is 11.6 Å². The highest BCUT2D eigenvalue weighted by Gasteiger charge is 2.61. The van der Waals surface area contributed by atoms with Crippen molar-refractivity contribution in [3.8, 4) is 0 Å². The van der Waals surface area contributed by atoms with E-state index in [9.17, 15) is 18.8 Å². The minimum Gasteiger partial charge on any atom is -0.359 e. The summed E-state index contributed by atoms with van der Waals surface area (Å²) in [6.45, 7) is 1.57. The summed E-state index contributed by atoms with van der Waals surface area (Å²) in [4.78, 5) is 45.6. The molecule has 4 rings (SSSR count). The van der Waals surface area contributed by atoms with Crippen molar-refractivity contribution in [2.45, 2.75) is 31.8 Å². The number of aromatic nitrogens is 1. The summed E-state index contributed by atoms with van der Waals surface area (Å²) in [6, 6.07) is 8.28. The Morgan fingerprint density at radius 3 is 2.58 bits per heavy atom. The molecule has 1 aliphatic heterocycles. The van der Waals surface area contributed by atoms with Crippen molar-refractivity contribution >= 4 is 35.1 Å². The van der Waals surface area contributed by atoms with E-state index in [-0.39, 0.29) is 43.6 Å². The van der Waals surface area contributed by atoms with Crippen LogP contribution in [0.15, 0.2) is 36.5 Å². The molecular formula is C22H22ClFN4O3. The molecule has 1 aromatic carbocycles. The Balaban J connectivity index is 1.69. The maximum Gasteiger partial charge on any atom is 0.254 e. The van der Waals surface area contributed by atoms with Crippen molar-refractivity contribution in [1.29, 1.82) is 0 Å². The van der Waals surface area contributed by atoms with Gasteiger partial charge in [0.05, 0.1) is 0 Å². The Labute approximate surface area is 184 Å². The molecule has 0 atom stereocenters. The quantitative estimate of drug-likeness (QED) is 0.785. The lowest BCUT2D eigenvalue weighted by molar-refractivity contribution is -0.165. The molecule has 0 bridgehead atoms.